The van der Waals surface area contributed by atoms with E-state index in [9.17, 15) is 9.59 Å². The maximum Gasteiger partial charge on any atom is 0.262 e. The van der Waals surface area contributed by atoms with Crippen molar-refractivity contribution in [1.82, 2.24) is 9.55 Å². The monoisotopic (exact) mass is 438 g/mol. The average Bonchev–Trinajstić information content (AvgIpc) is 2.63. The van der Waals surface area contributed by atoms with Crippen LogP contribution in [0.15, 0.2) is 32.6 Å². The maximum atomic E-state index is 13.1. The summed E-state index contributed by atoms with van der Waals surface area (Å²) in [4.78, 5) is 30.0. The van der Waals surface area contributed by atoms with E-state index in [2.05, 4.69) is 15.9 Å². The van der Waals surface area contributed by atoms with Crippen molar-refractivity contribution in [2.75, 3.05) is 13.2 Å². The first-order valence-electron chi connectivity index (χ1n) is 9.07. The van der Waals surface area contributed by atoms with Crippen LogP contribution >= 0.6 is 27.7 Å². The Balaban J connectivity index is 1.96. The zero-order valence-electron chi connectivity index (χ0n) is 14.9. The van der Waals surface area contributed by atoms with Gasteiger partial charge in [0, 0.05) is 30.7 Å². The van der Waals surface area contributed by atoms with Crippen LogP contribution in [0.4, 0.5) is 0 Å². The fourth-order valence-corrected chi connectivity index (χ4v) is 4.73. The molecule has 1 aliphatic rings. The lowest BCUT2D eigenvalue weighted by Gasteiger charge is -2.21. The summed E-state index contributed by atoms with van der Waals surface area (Å²) >= 11 is 4.87. The number of fused-ring (bicyclic) bond motifs is 1. The van der Waals surface area contributed by atoms with E-state index in [1.54, 1.807) is 4.57 Å². The zero-order valence-corrected chi connectivity index (χ0v) is 17.3. The predicted molar refractivity (Wildman–Crippen MR) is 108 cm³/mol. The number of aromatic nitrogens is 2. The third kappa shape index (κ3) is 4.56. The Bertz CT molecular complexity index is 853. The van der Waals surface area contributed by atoms with Crippen LogP contribution in [0.3, 0.4) is 0 Å². The first-order valence-corrected chi connectivity index (χ1v) is 10.7. The summed E-state index contributed by atoms with van der Waals surface area (Å²) in [6.07, 6.45) is 4.25. The Labute approximate surface area is 165 Å². The lowest BCUT2D eigenvalue weighted by atomic mass is 9.99. The van der Waals surface area contributed by atoms with Gasteiger partial charge in [0.15, 0.2) is 5.16 Å². The summed E-state index contributed by atoms with van der Waals surface area (Å²) in [5.74, 6) is 0.271. The molecule has 5 nitrogen and oxygen atoms in total. The fourth-order valence-electron chi connectivity index (χ4n) is 3.13. The minimum Gasteiger partial charge on any atom is -0.382 e. The third-order valence-corrected chi connectivity index (χ3v) is 6.30. The largest absolute Gasteiger partial charge is 0.382 e. The summed E-state index contributed by atoms with van der Waals surface area (Å²) in [6.45, 7) is 3.76. The SMILES string of the molecule is CCOCCCn1c(SC2CCCCC2=O)nc2ccc(Br)cc2c1=O. The molecule has 1 aromatic carbocycles. The van der Waals surface area contributed by atoms with Gasteiger partial charge in [-0.2, -0.15) is 0 Å². The topological polar surface area (TPSA) is 61.2 Å². The number of hydrogen-bond acceptors (Lipinski definition) is 5. The Kier molecular flexibility index (Phi) is 6.89. The molecule has 26 heavy (non-hydrogen) atoms. The van der Waals surface area contributed by atoms with Crippen LogP contribution in [-0.4, -0.2) is 33.8 Å². The minimum absolute atomic E-state index is 0.0569. The molecule has 140 valence electrons. The number of ether oxygens (including phenoxy) is 1. The third-order valence-electron chi connectivity index (χ3n) is 4.50. The van der Waals surface area contributed by atoms with Gasteiger partial charge in [-0.1, -0.05) is 34.1 Å². The summed E-state index contributed by atoms with van der Waals surface area (Å²) in [5.41, 5.74) is 0.614. The number of halogens is 1. The fraction of sp³-hybridized carbons (Fsp3) is 0.526. The molecule has 1 aromatic heterocycles. The predicted octanol–water partition coefficient (Wildman–Crippen LogP) is 4.19. The van der Waals surface area contributed by atoms with Crippen molar-refractivity contribution in [1.29, 1.82) is 0 Å². The highest BCUT2D eigenvalue weighted by molar-refractivity contribution is 9.10. The highest BCUT2D eigenvalue weighted by atomic mass is 79.9. The molecule has 1 saturated carbocycles. The van der Waals surface area contributed by atoms with E-state index >= 15 is 0 Å². The molecule has 3 rings (SSSR count). The summed E-state index contributed by atoms with van der Waals surface area (Å²) in [7, 11) is 0. The van der Waals surface area contributed by atoms with E-state index < -0.39 is 0 Å². The van der Waals surface area contributed by atoms with Crippen molar-refractivity contribution >= 4 is 44.4 Å². The Hall–Kier alpha value is -1.18. The van der Waals surface area contributed by atoms with E-state index in [1.807, 2.05) is 25.1 Å². The van der Waals surface area contributed by atoms with Gasteiger partial charge in [0.05, 0.1) is 16.2 Å². The van der Waals surface area contributed by atoms with Crippen LogP contribution in [0.25, 0.3) is 10.9 Å². The highest BCUT2D eigenvalue weighted by Gasteiger charge is 2.25. The first kappa shape index (κ1) is 19.6. The summed E-state index contributed by atoms with van der Waals surface area (Å²) in [6, 6.07) is 5.54. The molecule has 1 unspecified atom stereocenters. The Morgan fingerprint density at radius 3 is 2.96 bits per heavy atom. The number of ketones is 1. The zero-order chi connectivity index (χ0) is 18.5. The van der Waals surface area contributed by atoms with E-state index in [0.29, 0.717) is 42.2 Å². The molecule has 0 aliphatic heterocycles. The van der Waals surface area contributed by atoms with E-state index in [-0.39, 0.29) is 16.6 Å². The van der Waals surface area contributed by atoms with Crippen LogP contribution in [0, 0.1) is 0 Å². The Morgan fingerprint density at radius 2 is 2.19 bits per heavy atom. The van der Waals surface area contributed by atoms with E-state index in [4.69, 9.17) is 9.72 Å². The molecule has 1 heterocycles. The van der Waals surface area contributed by atoms with E-state index in [0.717, 1.165) is 30.2 Å². The van der Waals surface area contributed by atoms with Crippen LogP contribution in [0.1, 0.15) is 39.0 Å². The van der Waals surface area contributed by atoms with Crippen LogP contribution in [0.5, 0.6) is 0 Å². The van der Waals surface area contributed by atoms with Gasteiger partial charge in [-0.25, -0.2) is 4.98 Å². The molecule has 1 aliphatic carbocycles. The second kappa shape index (κ2) is 9.15. The second-order valence-electron chi connectivity index (χ2n) is 6.38. The molecule has 0 saturated heterocycles. The van der Waals surface area contributed by atoms with Crippen molar-refractivity contribution in [2.24, 2.45) is 0 Å². The van der Waals surface area contributed by atoms with Gasteiger partial charge in [-0.15, -0.1) is 0 Å². The molecular formula is C19H23BrN2O3S. The average molecular weight is 439 g/mol. The highest BCUT2D eigenvalue weighted by Crippen LogP contribution is 2.31. The second-order valence-corrected chi connectivity index (χ2v) is 8.47. The number of carbonyl (C=O) groups excluding carboxylic acids is 1. The molecular weight excluding hydrogens is 416 g/mol. The number of carbonyl (C=O) groups is 1. The van der Waals surface area contributed by atoms with Crippen molar-refractivity contribution in [3.63, 3.8) is 0 Å². The number of hydrogen-bond donors (Lipinski definition) is 0. The molecule has 2 aromatic rings. The standard InChI is InChI=1S/C19H23BrN2O3S/c1-2-25-11-5-10-22-18(24)14-12-13(20)8-9-15(14)21-19(22)26-17-7-4-3-6-16(17)23/h8-9,12,17H,2-7,10-11H2,1H3. The van der Waals surface area contributed by atoms with Crippen molar-refractivity contribution < 1.29 is 9.53 Å². The van der Waals surface area contributed by atoms with Gasteiger partial charge >= 0.3 is 0 Å². The quantitative estimate of drug-likeness (QED) is 0.478. The van der Waals surface area contributed by atoms with Gasteiger partial charge in [0.25, 0.3) is 5.56 Å². The molecule has 7 heteroatoms. The number of thioether (sulfide) groups is 1. The first-order chi connectivity index (χ1) is 12.6. The normalized spacial score (nSPS) is 17.8. The molecule has 0 N–H and O–H groups in total. The van der Waals surface area contributed by atoms with Gasteiger partial charge in [0.1, 0.15) is 5.78 Å². The lowest BCUT2D eigenvalue weighted by molar-refractivity contribution is -0.119. The molecule has 1 atom stereocenters. The van der Waals surface area contributed by atoms with Crippen LogP contribution in [0.2, 0.25) is 0 Å². The molecule has 0 spiro atoms. The molecule has 0 radical (unpaired) electrons. The number of benzene rings is 1. The maximum absolute atomic E-state index is 13.1. The van der Waals surface area contributed by atoms with E-state index in [1.165, 1.54) is 11.8 Å². The van der Waals surface area contributed by atoms with Crippen LogP contribution < -0.4 is 5.56 Å². The van der Waals surface area contributed by atoms with Crippen LogP contribution in [-0.2, 0) is 16.1 Å². The lowest BCUT2D eigenvalue weighted by Crippen LogP contribution is -2.27. The number of rotatable bonds is 7. The Morgan fingerprint density at radius 1 is 1.35 bits per heavy atom. The summed E-state index contributed by atoms with van der Waals surface area (Å²) in [5, 5.41) is 1.14. The van der Waals surface area contributed by atoms with Gasteiger partial charge in [-0.05, 0) is 44.4 Å². The molecule has 1 fully saturated rings. The van der Waals surface area contributed by atoms with Crippen molar-refractivity contribution in [2.45, 2.75) is 56.0 Å². The van der Waals surface area contributed by atoms with Gasteiger partial charge < -0.3 is 4.74 Å². The molecule has 0 bridgehead atoms. The molecule has 0 amide bonds. The minimum atomic E-state index is -0.0957. The number of nitrogens with zero attached hydrogens (tertiary/aromatic N) is 2. The summed E-state index contributed by atoms with van der Waals surface area (Å²) < 4.78 is 7.97. The smallest absolute Gasteiger partial charge is 0.262 e. The van der Waals surface area contributed by atoms with Crippen molar-refractivity contribution in [3.8, 4) is 0 Å². The number of Topliss-reactive ketones (excluding diaryl/α,β-unsaturated/α-hetero) is 1. The van der Waals surface area contributed by atoms with Crippen molar-refractivity contribution in [3.05, 3.63) is 33.0 Å². The van der Waals surface area contributed by atoms with Gasteiger partial charge in [0.2, 0.25) is 0 Å². The van der Waals surface area contributed by atoms with Gasteiger partial charge in [-0.3, -0.25) is 14.2 Å².